The van der Waals surface area contributed by atoms with Gasteiger partial charge in [0.05, 0.1) is 5.69 Å². The fraction of sp³-hybridized carbons (Fsp3) is 0.143. The number of hydrogen-bond acceptors (Lipinski definition) is 1. The number of rotatable bonds is 3. The highest BCUT2D eigenvalue weighted by Gasteiger charge is 2.06. The SMILES string of the molecule is CN(Cc1ccccc1)c1[c]cccc1F. The molecule has 16 heavy (non-hydrogen) atoms. The molecule has 0 saturated carbocycles. The van der Waals surface area contributed by atoms with Crippen molar-refractivity contribution in [2.75, 3.05) is 11.9 Å². The first-order chi connectivity index (χ1) is 7.77. The van der Waals surface area contributed by atoms with Crippen LogP contribution in [0.25, 0.3) is 0 Å². The molecule has 81 valence electrons. The summed E-state index contributed by atoms with van der Waals surface area (Å²) in [5.41, 5.74) is 1.66. The van der Waals surface area contributed by atoms with Gasteiger partial charge in [0.25, 0.3) is 0 Å². The lowest BCUT2D eigenvalue weighted by molar-refractivity contribution is 0.622. The Morgan fingerprint density at radius 3 is 2.56 bits per heavy atom. The molecule has 1 radical (unpaired) electrons. The zero-order valence-electron chi connectivity index (χ0n) is 9.15. The standard InChI is InChI=1S/C14H13FN/c1-16(11-12-7-3-2-4-8-12)14-10-6-5-9-13(14)15/h2-9H,11H2,1H3. The van der Waals surface area contributed by atoms with E-state index in [1.807, 2.05) is 42.3 Å². The third-order valence-corrected chi connectivity index (χ3v) is 2.43. The lowest BCUT2D eigenvalue weighted by atomic mass is 10.2. The van der Waals surface area contributed by atoms with E-state index in [-0.39, 0.29) is 5.82 Å². The minimum Gasteiger partial charge on any atom is -0.367 e. The van der Waals surface area contributed by atoms with Gasteiger partial charge in [0.15, 0.2) is 0 Å². The molecule has 0 amide bonds. The minimum atomic E-state index is -0.235. The van der Waals surface area contributed by atoms with Gasteiger partial charge in [0.2, 0.25) is 0 Å². The molecule has 0 atom stereocenters. The third-order valence-electron chi connectivity index (χ3n) is 2.43. The van der Waals surface area contributed by atoms with Crippen LogP contribution < -0.4 is 4.90 Å². The predicted octanol–water partition coefficient (Wildman–Crippen LogP) is 3.26. The van der Waals surface area contributed by atoms with Gasteiger partial charge in [-0.3, -0.25) is 0 Å². The number of benzene rings is 2. The second-order valence-electron chi connectivity index (χ2n) is 3.71. The molecule has 0 saturated heterocycles. The van der Waals surface area contributed by atoms with Crippen LogP contribution >= 0.6 is 0 Å². The second kappa shape index (κ2) is 4.79. The summed E-state index contributed by atoms with van der Waals surface area (Å²) in [6.45, 7) is 0.679. The van der Waals surface area contributed by atoms with Crippen LogP contribution in [0.5, 0.6) is 0 Å². The van der Waals surface area contributed by atoms with E-state index in [9.17, 15) is 4.39 Å². The first-order valence-electron chi connectivity index (χ1n) is 5.18. The quantitative estimate of drug-likeness (QED) is 0.758. The molecule has 0 fully saturated rings. The van der Waals surface area contributed by atoms with Gasteiger partial charge in [-0.15, -0.1) is 0 Å². The zero-order chi connectivity index (χ0) is 11.4. The largest absolute Gasteiger partial charge is 0.367 e. The van der Waals surface area contributed by atoms with E-state index < -0.39 is 0 Å². The number of nitrogens with zero attached hydrogens (tertiary/aromatic N) is 1. The molecule has 0 bridgehead atoms. The van der Waals surface area contributed by atoms with Gasteiger partial charge in [-0.25, -0.2) is 4.39 Å². The Morgan fingerprint density at radius 2 is 1.88 bits per heavy atom. The van der Waals surface area contributed by atoms with Crippen LogP contribution in [0.3, 0.4) is 0 Å². The summed E-state index contributed by atoms with van der Waals surface area (Å²) < 4.78 is 13.5. The molecule has 1 nitrogen and oxygen atoms in total. The van der Waals surface area contributed by atoms with Crippen molar-refractivity contribution in [3.05, 3.63) is 66.0 Å². The summed E-state index contributed by atoms with van der Waals surface area (Å²) in [5.74, 6) is -0.235. The molecule has 2 rings (SSSR count). The van der Waals surface area contributed by atoms with Crippen molar-refractivity contribution in [2.45, 2.75) is 6.54 Å². The number of hydrogen-bond donors (Lipinski definition) is 0. The Morgan fingerprint density at radius 1 is 1.12 bits per heavy atom. The molecule has 2 heteroatoms. The Bertz CT molecular complexity index is 453. The van der Waals surface area contributed by atoms with Crippen molar-refractivity contribution in [1.29, 1.82) is 0 Å². The van der Waals surface area contributed by atoms with Gasteiger partial charge in [-0.1, -0.05) is 42.5 Å². The van der Waals surface area contributed by atoms with Crippen LogP contribution in [0.2, 0.25) is 0 Å². The van der Waals surface area contributed by atoms with Crippen molar-refractivity contribution in [1.82, 2.24) is 0 Å². The normalized spacial score (nSPS) is 10.1. The van der Waals surface area contributed by atoms with Crippen molar-refractivity contribution >= 4 is 5.69 Å². The number of anilines is 1. The van der Waals surface area contributed by atoms with Crippen LogP contribution in [0.4, 0.5) is 10.1 Å². The predicted molar refractivity (Wildman–Crippen MR) is 63.8 cm³/mol. The Kier molecular flexibility index (Phi) is 3.20. The average Bonchev–Trinajstić information content (AvgIpc) is 2.31. The van der Waals surface area contributed by atoms with E-state index >= 15 is 0 Å². The molecule has 0 aliphatic carbocycles. The van der Waals surface area contributed by atoms with Crippen LogP contribution in [-0.4, -0.2) is 7.05 Å². The molecular weight excluding hydrogens is 201 g/mol. The summed E-state index contributed by atoms with van der Waals surface area (Å²) >= 11 is 0. The maximum Gasteiger partial charge on any atom is 0.147 e. The summed E-state index contributed by atoms with van der Waals surface area (Å²) in [6.07, 6.45) is 0. The topological polar surface area (TPSA) is 3.24 Å². The highest BCUT2D eigenvalue weighted by molar-refractivity contribution is 5.46. The fourth-order valence-electron chi connectivity index (χ4n) is 1.64. The molecular formula is C14H13FN. The summed E-state index contributed by atoms with van der Waals surface area (Å²) in [4.78, 5) is 1.85. The van der Waals surface area contributed by atoms with E-state index in [0.717, 1.165) is 5.56 Å². The van der Waals surface area contributed by atoms with Crippen LogP contribution in [-0.2, 0) is 6.54 Å². The van der Waals surface area contributed by atoms with Crippen molar-refractivity contribution in [3.8, 4) is 0 Å². The Hall–Kier alpha value is -1.83. The van der Waals surface area contributed by atoms with E-state index in [1.54, 1.807) is 12.1 Å². The molecule has 0 N–H and O–H groups in total. The van der Waals surface area contributed by atoms with E-state index in [0.29, 0.717) is 12.2 Å². The molecule has 0 aliphatic rings. The highest BCUT2D eigenvalue weighted by atomic mass is 19.1. The summed E-state index contributed by atoms with van der Waals surface area (Å²) in [5, 5.41) is 0. The molecule has 2 aromatic rings. The maximum absolute atomic E-state index is 13.5. The molecule has 0 spiro atoms. The lowest BCUT2D eigenvalue weighted by Gasteiger charge is -2.19. The molecule has 0 unspecified atom stereocenters. The van der Waals surface area contributed by atoms with E-state index in [2.05, 4.69) is 6.07 Å². The van der Waals surface area contributed by atoms with Gasteiger partial charge in [0.1, 0.15) is 5.82 Å². The van der Waals surface area contributed by atoms with Crippen LogP contribution in [0.15, 0.2) is 48.5 Å². The number of para-hydroxylation sites is 1. The second-order valence-corrected chi connectivity index (χ2v) is 3.71. The van der Waals surface area contributed by atoms with E-state index in [1.165, 1.54) is 6.07 Å². The van der Waals surface area contributed by atoms with Gasteiger partial charge >= 0.3 is 0 Å². The Balaban J connectivity index is 2.15. The Labute approximate surface area is 95.1 Å². The van der Waals surface area contributed by atoms with Crippen LogP contribution in [0.1, 0.15) is 5.56 Å². The fourth-order valence-corrected chi connectivity index (χ4v) is 1.64. The molecule has 2 aromatic carbocycles. The zero-order valence-corrected chi connectivity index (χ0v) is 9.15. The highest BCUT2D eigenvalue weighted by Crippen LogP contribution is 2.18. The van der Waals surface area contributed by atoms with Crippen LogP contribution in [0, 0.1) is 11.9 Å². The minimum absolute atomic E-state index is 0.235. The monoisotopic (exact) mass is 214 g/mol. The van der Waals surface area contributed by atoms with Gasteiger partial charge < -0.3 is 4.90 Å². The first kappa shape index (κ1) is 10.7. The van der Waals surface area contributed by atoms with Crippen molar-refractivity contribution in [3.63, 3.8) is 0 Å². The maximum atomic E-state index is 13.5. The van der Waals surface area contributed by atoms with Gasteiger partial charge in [0, 0.05) is 19.7 Å². The van der Waals surface area contributed by atoms with Gasteiger partial charge in [-0.05, 0) is 11.6 Å². The average molecular weight is 214 g/mol. The summed E-state index contributed by atoms with van der Waals surface area (Å²) in [7, 11) is 1.86. The van der Waals surface area contributed by atoms with Crippen molar-refractivity contribution in [2.24, 2.45) is 0 Å². The first-order valence-corrected chi connectivity index (χ1v) is 5.18. The summed E-state index contributed by atoms with van der Waals surface area (Å²) in [6, 6.07) is 17.7. The molecule has 0 aliphatic heterocycles. The third kappa shape index (κ3) is 2.40. The molecule has 0 heterocycles. The lowest BCUT2D eigenvalue weighted by Crippen LogP contribution is -2.17. The smallest absolute Gasteiger partial charge is 0.147 e. The van der Waals surface area contributed by atoms with Gasteiger partial charge in [-0.2, -0.15) is 0 Å². The van der Waals surface area contributed by atoms with Crippen molar-refractivity contribution < 1.29 is 4.39 Å². The van der Waals surface area contributed by atoms with E-state index in [4.69, 9.17) is 0 Å². The number of halogens is 1. The molecule has 0 aromatic heterocycles.